The first-order valence-corrected chi connectivity index (χ1v) is 6.36. The first-order chi connectivity index (χ1) is 8.25. The predicted octanol–water partition coefficient (Wildman–Crippen LogP) is 4.18. The van der Waals surface area contributed by atoms with Gasteiger partial charge in [0.05, 0.1) is 15.6 Å². The van der Waals surface area contributed by atoms with Gasteiger partial charge in [-0.15, -0.1) is 0 Å². The SMILES string of the molecule is Cc1cc([N+](=O)[O-])cc(Cl)c1N(C(C)C)C(C)C. The quantitative estimate of drug-likeness (QED) is 0.609. The molecular weight excluding hydrogens is 252 g/mol. The average molecular weight is 271 g/mol. The Kier molecular flexibility index (Phi) is 4.57. The molecule has 5 heteroatoms. The van der Waals surface area contributed by atoms with Crippen LogP contribution >= 0.6 is 11.6 Å². The lowest BCUT2D eigenvalue weighted by molar-refractivity contribution is -0.384. The zero-order chi connectivity index (χ0) is 14.0. The number of halogens is 1. The van der Waals surface area contributed by atoms with Gasteiger partial charge < -0.3 is 4.90 Å². The van der Waals surface area contributed by atoms with E-state index < -0.39 is 4.92 Å². The molecule has 0 atom stereocenters. The van der Waals surface area contributed by atoms with Crippen molar-refractivity contribution in [1.29, 1.82) is 0 Å². The van der Waals surface area contributed by atoms with Crippen LogP contribution in [0.2, 0.25) is 5.02 Å². The lowest BCUT2D eigenvalue weighted by atomic mass is 10.1. The van der Waals surface area contributed by atoms with E-state index in [4.69, 9.17) is 11.6 Å². The molecule has 18 heavy (non-hydrogen) atoms. The standard InChI is InChI=1S/C13H19ClN2O2/c1-8(2)15(9(3)4)13-10(5)6-11(16(17)18)7-12(13)14/h6-9H,1-5H3. The monoisotopic (exact) mass is 270 g/mol. The number of nitrogens with zero attached hydrogens (tertiary/aromatic N) is 2. The Morgan fingerprint density at radius 2 is 1.72 bits per heavy atom. The molecule has 0 radical (unpaired) electrons. The van der Waals surface area contributed by atoms with Crippen molar-refractivity contribution in [1.82, 2.24) is 0 Å². The van der Waals surface area contributed by atoms with E-state index in [0.717, 1.165) is 11.3 Å². The molecule has 1 aromatic rings. The van der Waals surface area contributed by atoms with Crippen LogP contribution in [0, 0.1) is 17.0 Å². The van der Waals surface area contributed by atoms with Gasteiger partial charge in [-0.25, -0.2) is 0 Å². The Hall–Kier alpha value is -1.29. The Morgan fingerprint density at radius 1 is 1.22 bits per heavy atom. The molecule has 0 fully saturated rings. The fraction of sp³-hybridized carbons (Fsp3) is 0.538. The molecule has 0 saturated carbocycles. The summed E-state index contributed by atoms with van der Waals surface area (Å²) < 4.78 is 0. The van der Waals surface area contributed by atoms with E-state index in [2.05, 4.69) is 32.6 Å². The summed E-state index contributed by atoms with van der Waals surface area (Å²) in [5.41, 5.74) is 1.75. The van der Waals surface area contributed by atoms with Crippen molar-refractivity contribution < 1.29 is 4.92 Å². The second-order valence-corrected chi connectivity index (χ2v) is 5.35. The van der Waals surface area contributed by atoms with E-state index in [0.29, 0.717) is 5.02 Å². The van der Waals surface area contributed by atoms with Crippen molar-refractivity contribution in [2.24, 2.45) is 0 Å². The van der Waals surface area contributed by atoms with Crippen LogP contribution in [0.4, 0.5) is 11.4 Å². The van der Waals surface area contributed by atoms with Gasteiger partial charge in [0.15, 0.2) is 0 Å². The second-order valence-electron chi connectivity index (χ2n) is 4.94. The Morgan fingerprint density at radius 3 is 2.06 bits per heavy atom. The number of nitro benzene ring substituents is 1. The Balaban J connectivity index is 3.36. The highest BCUT2D eigenvalue weighted by Gasteiger charge is 2.21. The van der Waals surface area contributed by atoms with Crippen molar-refractivity contribution in [3.63, 3.8) is 0 Å². The molecule has 0 aliphatic rings. The number of hydrogen-bond acceptors (Lipinski definition) is 3. The number of non-ortho nitro benzene ring substituents is 1. The smallest absolute Gasteiger partial charge is 0.271 e. The summed E-state index contributed by atoms with van der Waals surface area (Å²) in [4.78, 5) is 12.5. The van der Waals surface area contributed by atoms with Crippen LogP contribution in [-0.2, 0) is 0 Å². The molecule has 0 aliphatic carbocycles. The van der Waals surface area contributed by atoms with Crippen LogP contribution in [-0.4, -0.2) is 17.0 Å². The van der Waals surface area contributed by atoms with E-state index in [-0.39, 0.29) is 17.8 Å². The van der Waals surface area contributed by atoms with E-state index in [9.17, 15) is 10.1 Å². The third-order valence-corrected chi connectivity index (χ3v) is 3.11. The van der Waals surface area contributed by atoms with Crippen LogP contribution in [0.25, 0.3) is 0 Å². The summed E-state index contributed by atoms with van der Waals surface area (Å²) in [7, 11) is 0. The first-order valence-electron chi connectivity index (χ1n) is 5.98. The van der Waals surface area contributed by atoms with Crippen molar-refractivity contribution in [3.05, 3.63) is 32.8 Å². The van der Waals surface area contributed by atoms with Crippen LogP contribution in [0.5, 0.6) is 0 Å². The van der Waals surface area contributed by atoms with Gasteiger partial charge in [-0.3, -0.25) is 10.1 Å². The van der Waals surface area contributed by atoms with Gasteiger partial charge in [-0.05, 0) is 40.2 Å². The average Bonchev–Trinajstić information content (AvgIpc) is 2.21. The summed E-state index contributed by atoms with van der Waals surface area (Å²) in [6.07, 6.45) is 0. The summed E-state index contributed by atoms with van der Waals surface area (Å²) in [6.45, 7) is 10.2. The number of anilines is 1. The van der Waals surface area contributed by atoms with E-state index in [1.54, 1.807) is 6.07 Å². The molecule has 0 aromatic heterocycles. The molecule has 4 nitrogen and oxygen atoms in total. The van der Waals surface area contributed by atoms with E-state index >= 15 is 0 Å². The van der Waals surface area contributed by atoms with Crippen molar-refractivity contribution in [3.8, 4) is 0 Å². The zero-order valence-electron chi connectivity index (χ0n) is 11.4. The minimum Gasteiger partial charge on any atom is -0.365 e. The molecule has 0 spiro atoms. The predicted molar refractivity (Wildman–Crippen MR) is 75.6 cm³/mol. The molecule has 100 valence electrons. The summed E-state index contributed by atoms with van der Waals surface area (Å²) in [5, 5.41) is 11.2. The van der Waals surface area contributed by atoms with Crippen LogP contribution in [0.3, 0.4) is 0 Å². The maximum Gasteiger partial charge on any atom is 0.271 e. The topological polar surface area (TPSA) is 46.4 Å². The normalized spacial score (nSPS) is 11.1. The molecule has 0 bridgehead atoms. The van der Waals surface area contributed by atoms with Crippen LogP contribution in [0.1, 0.15) is 33.3 Å². The number of benzene rings is 1. The molecule has 0 saturated heterocycles. The lowest BCUT2D eigenvalue weighted by Gasteiger charge is -2.34. The highest BCUT2D eigenvalue weighted by Crippen LogP contribution is 2.35. The van der Waals surface area contributed by atoms with Gasteiger partial charge in [-0.1, -0.05) is 11.6 Å². The van der Waals surface area contributed by atoms with Crippen LogP contribution < -0.4 is 4.90 Å². The largest absolute Gasteiger partial charge is 0.365 e. The number of rotatable bonds is 4. The minimum absolute atomic E-state index is 0.0358. The second kappa shape index (κ2) is 5.57. The first kappa shape index (κ1) is 14.8. The Bertz CT molecular complexity index is 427. The summed E-state index contributed by atoms with van der Waals surface area (Å²) in [5.74, 6) is 0. The van der Waals surface area contributed by atoms with Gasteiger partial charge in [0.2, 0.25) is 0 Å². The number of aryl methyl sites for hydroxylation is 1. The van der Waals surface area contributed by atoms with Gasteiger partial charge in [0, 0.05) is 24.2 Å². The third-order valence-electron chi connectivity index (χ3n) is 2.82. The molecule has 1 rings (SSSR count). The van der Waals surface area contributed by atoms with Crippen LogP contribution in [0.15, 0.2) is 12.1 Å². The fourth-order valence-corrected chi connectivity index (χ4v) is 2.62. The van der Waals surface area contributed by atoms with Gasteiger partial charge in [0.1, 0.15) is 0 Å². The van der Waals surface area contributed by atoms with E-state index in [1.807, 2.05) is 6.92 Å². The lowest BCUT2D eigenvalue weighted by Crippen LogP contribution is -2.37. The fourth-order valence-electron chi connectivity index (χ4n) is 2.26. The zero-order valence-corrected chi connectivity index (χ0v) is 12.2. The molecular formula is C13H19ClN2O2. The van der Waals surface area contributed by atoms with Gasteiger partial charge in [-0.2, -0.15) is 0 Å². The molecule has 1 aromatic carbocycles. The number of nitro groups is 1. The Labute approximate surface area is 113 Å². The summed E-state index contributed by atoms with van der Waals surface area (Å²) >= 11 is 6.22. The minimum atomic E-state index is -0.419. The van der Waals surface area contributed by atoms with Gasteiger partial charge >= 0.3 is 0 Å². The maximum atomic E-state index is 10.8. The molecule has 0 heterocycles. The summed E-state index contributed by atoms with van der Waals surface area (Å²) in [6, 6.07) is 3.55. The molecule has 0 amide bonds. The number of hydrogen-bond donors (Lipinski definition) is 0. The third kappa shape index (κ3) is 2.93. The van der Waals surface area contributed by atoms with E-state index in [1.165, 1.54) is 6.07 Å². The molecule has 0 N–H and O–H groups in total. The highest BCUT2D eigenvalue weighted by molar-refractivity contribution is 6.33. The maximum absolute atomic E-state index is 10.8. The van der Waals surface area contributed by atoms with Crippen molar-refractivity contribution >= 4 is 23.0 Å². The molecule has 0 aliphatic heterocycles. The van der Waals surface area contributed by atoms with Gasteiger partial charge in [0.25, 0.3) is 5.69 Å². The molecule has 0 unspecified atom stereocenters. The van der Waals surface area contributed by atoms with Crippen molar-refractivity contribution in [2.75, 3.05) is 4.90 Å². The van der Waals surface area contributed by atoms with Crippen molar-refractivity contribution in [2.45, 2.75) is 46.7 Å². The highest BCUT2D eigenvalue weighted by atomic mass is 35.5.